The molecule has 0 radical (unpaired) electrons. The van der Waals surface area contributed by atoms with Crippen molar-refractivity contribution in [2.45, 2.75) is 6.43 Å². The molecule has 0 saturated carbocycles. The van der Waals surface area contributed by atoms with Crippen LogP contribution in [0.4, 0.5) is 13.2 Å². The summed E-state index contributed by atoms with van der Waals surface area (Å²) >= 11 is 0. The first-order chi connectivity index (χ1) is 5.63. The van der Waals surface area contributed by atoms with Gasteiger partial charge >= 0.3 is 6.04 Å². The molecule has 12 heavy (non-hydrogen) atoms. The highest BCUT2D eigenvalue weighted by molar-refractivity contribution is 5.90. The zero-order valence-electron chi connectivity index (χ0n) is 5.93. The van der Waals surface area contributed by atoms with E-state index >= 15 is 0 Å². The third-order valence-corrected chi connectivity index (χ3v) is 1.41. The van der Waals surface area contributed by atoms with Crippen molar-refractivity contribution in [3.63, 3.8) is 0 Å². The second-order valence-corrected chi connectivity index (χ2v) is 2.16. The van der Waals surface area contributed by atoms with Gasteiger partial charge in [-0.3, -0.25) is 4.79 Å². The number of alkyl halides is 2. The van der Waals surface area contributed by atoms with Crippen LogP contribution in [-0.2, 0) is 0 Å². The monoisotopic (exact) mass is 174 g/mol. The van der Waals surface area contributed by atoms with Crippen molar-refractivity contribution in [3.8, 4) is 0 Å². The fourth-order valence-electron chi connectivity index (χ4n) is 0.866. The van der Waals surface area contributed by atoms with Gasteiger partial charge in [0, 0.05) is 5.56 Å². The van der Waals surface area contributed by atoms with Gasteiger partial charge in [-0.2, -0.15) is 4.39 Å². The molecule has 0 aliphatic rings. The lowest BCUT2D eigenvalue weighted by Gasteiger charge is -2.01. The predicted octanol–water partition coefficient (Wildman–Crippen LogP) is 2.73. The summed E-state index contributed by atoms with van der Waals surface area (Å²) in [5.74, 6) is 0. The van der Waals surface area contributed by atoms with Gasteiger partial charge < -0.3 is 0 Å². The molecule has 0 aliphatic heterocycles. The van der Waals surface area contributed by atoms with Crippen LogP contribution in [0.3, 0.4) is 0 Å². The SMILES string of the molecule is O=C(F)c1ccccc1C(F)F. The summed E-state index contributed by atoms with van der Waals surface area (Å²) in [7, 11) is 0. The zero-order chi connectivity index (χ0) is 9.14. The molecule has 0 bridgehead atoms. The first kappa shape index (κ1) is 8.77. The minimum atomic E-state index is -2.82. The van der Waals surface area contributed by atoms with Gasteiger partial charge in [0.1, 0.15) is 0 Å². The highest BCUT2D eigenvalue weighted by Gasteiger charge is 2.16. The highest BCUT2D eigenvalue weighted by Crippen LogP contribution is 2.22. The molecule has 0 heterocycles. The smallest absolute Gasteiger partial charge is 0.255 e. The molecule has 4 heteroatoms. The van der Waals surface area contributed by atoms with E-state index in [0.717, 1.165) is 12.1 Å². The fourth-order valence-corrected chi connectivity index (χ4v) is 0.866. The molecule has 0 N–H and O–H groups in total. The van der Waals surface area contributed by atoms with Crippen LogP contribution in [0.1, 0.15) is 22.3 Å². The Morgan fingerprint density at radius 2 is 1.83 bits per heavy atom. The van der Waals surface area contributed by atoms with E-state index < -0.39 is 23.6 Å². The number of benzene rings is 1. The minimum absolute atomic E-state index is 0.562. The van der Waals surface area contributed by atoms with Crippen molar-refractivity contribution in [1.29, 1.82) is 0 Å². The number of halogens is 3. The van der Waals surface area contributed by atoms with Crippen molar-refractivity contribution < 1.29 is 18.0 Å². The first-order valence-corrected chi connectivity index (χ1v) is 3.20. The highest BCUT2D eigenvalue weighted by atomic mass is 19.3. The number of hydrogen-bond acceptors (Lipinski definition) is 1. The quantitative estimate of drug-likeness (QED) is 0.630. The molecule has 0 amide bonds. The van der Waals surface area contributed by atoms with E-state index in [1.165, 1.54) is 12.1 Å². The van der Waals surface area contributed by atoms with E-state index in [1.807, 2.05) is 0 Å². The summed E-state index contributed by atoms with van der Waals surface area (Å²) in [5.41, 5.74) is -1.13. The molecule has 64 valence electrons. The van der Waals surface area contributed by atoms with Crippen LogP contribution >= 0.6 is 0 Å². The standard InChI is InChI=1S/C8H5F3O/c9-7(10)5-3-1-2-4-6(5)8(11)12/h1-4,7H. The van der Waals surface area contributed by atoms with Crippen LogP contribution in [0, 0.1) is 0 Å². The van der Waals surface area contributed by atoms with E-state index in [4.69, 9.17) is 0 Å². The molecule has 1 aromatic carbocycles. The lowest BCUT2D eigenvalue weighted by atomic mass is 10.1. The van der Waals surface area contributed by atoms with Crippen LogP contribution in [0.25, 0.3) is 0 Å². The maximum absolute atomic E-state index is 12.1. The maximum atomic E-state index is 12.1. The summed E-state index contributed by atoms with van der Waals surface area (Å²) in [6.45, 7) is 0. The van der Waals surface area contributed by atoms with Crippen LogP contribution in [0.2, 0.25) is 0 Å². The molecular formula is C8H5F3O. The molecule has 1 nitrogen and oxygen atoms in total. The molecule has 0 aliphatic carbocycles. The van der Waals surface area contributed by atoms with Crippen LogP contribution in [0.5, 0.6) is 0 Å². The summed E-state index contributed by atoms with van der Waals surface area (Å²) in [5, 5.41) is 0. The molecule has 0 atom stereocenters. The van der Waals surface area contributed by atoms with Crippen molar-refractivity contribution in [2.75, 3.05) is 0 Å². The predicted molar refractivity (Wildman–Crippen MR) is 36.8 cm³/mol. The molecule has 1 rings (SSSR count). The average Bonchev–Trinajstić information content (AvgIpc) is 2.04. The van der Waals surface area contributed by atoms with E-state index in [9.17, 15) is 18.0 Å². The van der Waals surface area contributed by atoms with Crippen LogP contribution in [0.15, 0.2) is 24.3 Å². The Kier molecular flexibility index (Phi) is 2.47. The van der Waals surface area contributed by atoms with Gasteiger partial charge in [0.05, 0.1) is 5.56 Å². The Labute approximate surface area is 66.8 Å². The average molecular weight is 174 g/mol. The second kappa shape index (κ2) is 3.38. The van der Waals surface area contributed by atoms with Crippen molar-refractivity contribution >= 4 is 6.04 Å². The van der Waals surface area contributed by atoms with Crippen molar-refractivity contribution in [1.82, 2.24) is 0 Å². The van der Waals surface area contributed by atoms with E-state index in [1.54, 1.807) is 0 Å². The number of hydrogen-bond donors (Lipinski definition) is 0. The minimum Gasteiger partial charge on any atom is -0.255 e. The first-order valence-electron chi connectivity index (χ1n) is 3.20. The lowest BCUT2D eigenvalue weighted by molar-refractivity contribution is 0.0823. The van der Waals surface area contributed by atoms with E-state index in [2.05, 4.69) is 0 Å². The van der Waals surface area contributed by atoms with Gasteiger partial charge in [-0.1, -0.05) is 18.2 Å². The van der Waals surface area contributed by atoms with Crippen molar-refractivity contribution in [2.24, 2.45) is 0 Å². The van der Waals surface area contributed by atoms with Gasteiger partial charge in [-0.05, 0) is 6.07 Å². The Bertz CT molecular complexity index is 296. The van der Waals surface area contributed by atoms with Crippen LogP contribution < -0.4 is 0 Å². The Hall–Kier alpha value is -1.32. The Morgan fingerprint density at radius 3 is 2.25 bits per heavy atom. The Morgan fingerprint density at radius 1 is 1.25 bits per heavy atom. The number of carbonyl (C=O) groups is 1. The molecule has 0 aromatic heterocycles. The largest absolute Gasteiger partial charge is 0.332 e. The van der Waals surface area contributed by atoms with Gasteiger partial charge in [-0.25, -0.2) is 8.78 Å². The fraction of sp³-hybridized carbons (Fsp3) is 0.125. The lowest BCUT2D eigenvalue weighted by Crippen LogP contribution is -1.97. The van der Waals surface area contributed by atoms with Gasteiger partial charge in [0.25, 0.3) is 6.43 Å². The van der Waals surface area contributed by atoms with E-state index in [-0.39, 0.29) is 0 Å². The number of carbonyl (C=O) groups excluding carboxylic acids is 1. The van der Waals surface area contributed by atoms with Crippen molar-refractivity contribution in [3.05, 3.63) is 35.4 Å². The molecule has 0 fully saturated rings. The van der Waals surface area contributed by atoms with Gasteiger partial charge in [0.2, 0.25) is 0 Å². The van der Waals surface area contributed by atoms with Gasteiger partial charge in [0.15, 0.2) is 0 Å². The zero-order valence-corrected chi connectivity index (χ0v) is 5.93. The van der Waals surface area contributed by atoms with Gasteiger partial charge in [-0.15, -0.1) is 0 Å². The maximum Gasteiger partial charge on any atom is 0.332 e. The molecule has 0 spiro atoms. The summed E-state index contributed by atoms with van der Waals surface area (Å²) < 4.78 is 36.2. The Balaban J connectivity index is 3.17. The summed E-state index contributed by atoms with van der Waals surface area (Å²) in [6, 6.07) is 2.89. The third kappa shape index (κ3) is 1.64. The third-order valence-electron chi connectivity index (χ3n) is 1.41. The molecule has 0 saturated heterocycles. The normalized spacial score (nSPS) is 10.3. The topological polar surface area (TPSA) is 17.1 Å². The molecule has 1 aromatic rings. The van der Waals surface area contributed by atoms with Crippen LogP contribution in [-0.4, -0.2) is 6.04 Å². The van der Waals surface area contributed by atoms with E-state index in [0.29, 0.717) is 0 Å². The summed E-state index contributed by atoms with van der Waals surface area (Å²) in [4.78, 5) is 10.2. The number of rotatable bonds is 2. The second-order valence-electron chi connectivity index (χ2n) is 2.16. The molecular weight excluding hydrogens is 169 g/mol. The molecule has 0 unspecified atom stereocenters. The summed E-state index contributed by atoms with van der Waals surface area (Å²) in [6.07, 6.45) is -2.82.